The van der Waals surface area contributed by atoms with Crippen LogP contribution in [-0.2, 0) is 14.3 Å². The van der Waals surface area contributed by atoms with Crippen LogP contribution in [-0.4, -0.2) is 47.8 Å². The molecule has 1 unspecified atom stereocenters. The fourth-order valence-electron chi connectivity index (χ4n) is 2.16. The molecule has 2 N–H and O–H groups in total. The molecule has 0 bridgehead atoms. The Labute approximate surface area is 126 Å². The number of hydrogen-bond acceptors (Lipinski definition) is 5. The Balaban J connectivity index is 2.35. The second-order valence-corrected chi connectivity index (χ2v) is 6.50. The first kappa shape index (κ1) is 17.8. The lowest BCUT2D eigenvalue weighted by Gasteiger charge is -2.33. The lowest BCUT2D eigenvalue weighted by atomic mass is 10.1. The van der Waals surface area contributed by atoms with Gasteiger partial charge in [-0.1, -0.05) is 13.3 Å². The van der Waals surface area contributed by atoms with E-state index in [-0.39, 0.29) is 18.2 Å². The summed E-state index contributed by atoms with van der Waals surface area (Å²) in [6.45, 7) is 8.58. The second-order valence-electron chi connectivity index (χ2n) is 6.50. The van der Waals surface area contributed by atoms with Gasteiger partial charge < -0.3 is 20.1 Å². The third-order valence-electron chi connectivity index (χ3n) is 3.28. The van der Waals surface area contributed by atoms with Crippen LogP contribution in [0.1, 0.15) is 53.4 Å². The highest BCUT2D eigenvalue weighted by Crippen LogP contribution is 2.18. The number of nitrogens with zero attached hydrogens (tertiary/aromatic N) is 1. The molecule has 0 aromatic heterocycles. The van der Waals surface area contributed by atoms with Crippen LogP contribution >= 0.6 is 0 Å². The number of carbonyl (C=O) groups is 2. The number of ether oxygens (including phenoxy) is 2. The summed E-state index contributed by atoms with van der Waals surface area (Å²) in [5, 5.41) is 0. The maximum absolute atomic E-state index is 11.9. The summed E-state index contributed by atoms with van der Waals surface area (Å²) >= 11 is 0. The zero-order chi connectivity index (χ0) is 16.0. The summed E-state index contributed by atoms with van der Waals surface area (Å²) in [5.41, 5.74) is 5.24. The molecule has 1 aliphatic rings. The Hall–Kier alpha value is -1.30. The fourth-order valence-corrected chi connectivity index (χ4v) is 2.16. The Morgan fingerprint density at radius 3 is 2.33 bits per heavy atom. The smallest absolute Gasteiger partial charge is 0.410 e. The van der Waals surface area contributed by atoms with Gasteiger partial charge in [0.05, 0.1) is 0 Å². The van der Waals surface area contributed by atoms with Crippen molar-refractivity contribution in [2.24, 2.45) is 5.73 Å². The quantitative estimate of drug-likeness (QED) is 0.804. The predicted molar refractivity (Wildman–Crippen MR) is 79.8 cm³/mol. The number of nitrogens with two attached hydrogens (primary N) is 1. The molecule has 1 amide bonds. The summed E-state index contributed by atoms with van der Waals surface area (Å²) in [7, 11) is 0. The maximum Gasteiger partial charge on any atom is 0.410 e. The average molecular weight is 300 g/mol. The van der Waals surface area contributed by atoms with Crippen LogP contribution < -0.4 is 5.73 Å². The van der Waals surface area contributed by atoms with Crippen molar-refractivity contribution in [3.63, 3.8) is 0 Å². The van der Waals surface area contributed by atoms with Gasteiger partial charge in [0.15, 0.2) is 0 Å². The van der Waals surface area contributed by atoms with Gasteiger partial charge in [-0.15, -0.1) is 0 Å². The van der Waals surface area contributed by atoms with Gasteiger partial charge in [0.2, 0.25) is 0 Å². The number of carbonyl (C=O) groups excluding carboxylic acids is 2. The average Bonchev–Trinajstić information content (AvgIpc) is 2.37. The summed E-state index contributed by atoms with van der Waals surface area (Å²) in [5.74, 6) is -0.340. The van der Waals surface area contributed by atoms with Gasteiger partial charge in [0, 0.05) is 25.9 Å². The molecule has 0 aliphatic carbocycles. The molecular formula is C15H28N2O4. The third kappa shape index (κ3) is 6.33. The Morgan fingerprint density at radius 1 is 1.29 bits per heavy atom. The minimum absolute atomic E-state index is 0.154. The molecule has 0 aromatic carbocycles. The molecule has 21 heavy (non-hydrogen) atoms. The first-order chi connectivity index (χ1) is 9.73. The van der Waals surface area contributed by atoms with Gasteiger partial charge >= 0.3 is 12.1 Å². The molecule has 6 nitrogen and oxygen atoms in total. The number of hydrogen-bond donors (Lipinski definition) is 1. The SMILES string of the molecule is CCCC(N)C(=O)OC1CCN(C(=O)OC(C)(C)C)CC1. The topological polar surface area (TPSA) is 81.9 Å². The fraction of sp³-hybridized carbons (Fsp3) is 0.867. The molecule has 1 saturated heterocycles. The summed E-state index contributed by atoms with van der Waals surface area (Å²) in [6, 6.07) is -0.543. The normalized spacial score (nSPS) is 18.2. The van der Waals surface area contributed by atoms with Crippen LogP contribution in [0.3, 0.4) is 0 Å². The van der Waals surface area contributed by atoms with Crippen molar-refractivity contribution < 1.29 is 19.1 Å². The highest BCUT2D eigenvalue weighted by atomic mass is 16.6. The van der Waals surface area contributed by atoms with Crippen LogP contribution in [0, 0.1) is 0 Å². The zero-order valence-corrected chi connectivity index (χ0v) is 13.6. The van der Waals surface area contributed by atoms with Crippen LogP contribution in [0.2, 0.25) is 0 Å². The molecule has 0 spiro atoms. The second kappa shape index (κ2) is 7.64. The monoisotopic (exact) mass is 300 g/mol. The molecule has 122 valence electrons. The van der Waals surface area contributed by atoms with E-state index in [9.17, 15) is 9.59 Å². The van der Waals surface area contributed by atoms with E-state index in [0.29, 0.717) is 32.4 Å². The van der Waals surface area contributed by atoms with Crippen LogP contribution in [0.4, 0.5) is 4.79 Å². The number of rotatable bonds is 4. The highest BCUT2D eigenvalue weighted by Gasteiger charge is 2.29. The molecule has 0 radical (unpaired) electrons. The van der Waals surface area contributed by atoms with E-state index in [0.717, 1.165) is 6.42 Å². The van der Waals surface area contributed by atoms with Gasteiger partial charge in [-0.3, -0.25) is 4.79 Å². The molecule has 1 aliphatic heterocycles. The largest absolute Gasteiger partial charge is 0.461 e. The standard InChI is InChI=1S/C15H28N2O4/c1-5-6-12(16)13(18)20-11-7-9-17(10-8-11)14(19)21-15(2,3)4/h11-12H,5-10,16H2,1-4H3. The van der Waals surface area contributed by atoms with Gasteiger partial charge in [-0.25, -0.2) is 4.79 Å². The number of amides is 1. The van der Waals surface area contributed by atoms with E-state index in [1.807, 2.05) is 27.7 Å². The third-order valence-corrected chi connectivity index (χ3v) is 3.28. The van der Waals surface area contributed by atoms with Crippen molar-refractivity contribution in [2.75, 3.05) is 13.1 Å². The number of likely N-dealkylation sites (tertiary alicyclic amines) is 1. The van der Waals surface area contributed by atoms with E-state index >= 15 is 0 Å². The van der Waals surface area contributed by atoms with Crippen molar-refractivity contribution >= 4 is 12.1 Å². The first-order valence-corrected chi connectivity index (χ1v) is 7.67. The van der Waals surface area contributed by atoms with E-state index in [4.69, 9.17) is 15.2 Å². The minimum atomic E-state index is -0.543. The highest BCUT2D eigenvalue weighted by molar-refractivity contribution is 5.75. The maximum atomic E-state index is 11.9. The molecule has 1 atom stereocenters. The van der Waals surface area contributed by atoms with Gasteiger partial charge in [0.25, 0.3) is 0 Å². The zero-order valence-electron chi connectivity index (χ0n) is 13.6. The van der Waals surface area contributed by atoms with Gasteiger partial charge in [-0.05, 0) is 27.2 Å². The Kier molecular flexibility index (Phi) is 6.45. The molecular weight excluding hydrogens is 272 g/mol. The van der Waals surface area contributed by atoms with E-state index < -0.39 is 11.6 Å². The van der Waals surface area contributed by atoms with Crippen molar-refractivity contribution in [1.29, 1.82) is 0 Å². The molecule has 1 heterocycles. The summed E-state index contributed by atoms with van der Waals surface area (Å²) < 4.78 is 10.7. The van der Waals surface area contributed by atoms with Crippen molar-refractivity contribution in [3.8, 4) is 0 Å². The molecule has 1 fully saturated rings. The Bertz CT molecular complexity index is 357. The van der Waals surface area contributed by atoms with Gasteiger partial charge in [0.1, 0.15) is 17.7 Å². The predicted octanol–water partition coefficient (Wildman–Crippen LogP) is 2.06. The minimum Gasteiger partial charge on any atom is -0.461 e. The van der Waals surface area contributed by atoms with E-state index in [2.05, 4.69) is 0 Å². The molecule has 6 heteroatoms. The van der Waals surface area contributed by atoms with Crippen LogP contribution in [0.25, 0.3) is 0 Å². The number of piperidine rings is 1. The number of esters is 1. The van der Waals surface area contributed by atoms with Crippen LogP contribution in [0.5, 0.6) is 0 Å². The Morgan fingerprint density at radius 2 is 1.86 bits per heavy atom. The molecule has 1 rings (SSSR count). The lowest BCUT2D eigenvalue weighted by Crippen LogP contribution is -2.45. The van der Waals surface area contributed by atoms with Crippen LogP contribution in [0.15, 0.2) is 0 Å². The molecule has 0 saturated carbocycles. The van der Waals surface area contributed by atoms with Crippen molar-refractivity contribution in [2.45, 2.75) is 71.1 Å². The van der Waals surface area contributed by atoms with Crippen molar-refractivity contribution in [3.05, 3.63) is 0 Å². The first-order valence-electron chi connectivity index (χ1n) is 7.67. The summed E-state index contributed by atoms with van der Waals surface area (Å²) in [4.78, 5) is 25.3. The summed E-state index contributed by atoms with van der Waals surface area (Å²) in [6.07, 6.45) is 2.28. The van der Waals surface area contributed by atoms with Crippen molar-refractivity contribution in [1.82, 2.24) is 4.90 Å². The molecule has 0 aromatic rings. The van der Waals surface area contributed by atoms with E-state index in [1.165, 1.54) is 0 Å². The lowest BCUT2D eigenvalue weighted by molar-refractivity contribution is -0.152. The van der Waals surface area contributed by atoms with Gasteiger partial charge in [-0.2, -0.15) is 0 Å². The van der Waals surface area contributed by atoms with E-state index in [1.54, 1.807) is 4.90 Å².